The SMILES string of the molecule is CCCCCc1ccc(-c2ccc(CCc3ccc(C#N)cc3)cc2)cc1. The lowest BCUT2D eigenvalue weighted by atomic mass is 9.98. The molecule has 27 heavy (non-hydrogen) atoms. The van der Waals surface area contributed by atoms with Crippen molar-refractivity contribution in [3.05, 3.63) is 95.1 Å². The summed E-state index contributed by atoms with van der Waals surface area (Å²) < 4.78 is 0. The summed E-state index contributed by atoms with van der Waals surface area (Å²) in [5.74, 6) is 0. The van der Waals surface area contributed by atoms with Crippen LogP contribution in [0.25, 0.3) is 11.1 Å². The third kappa shape index (κ3) is 5.56. The molecule has 1 nitrogen and oxygen atoms in total. The molecule has 0 saturated heterocycles. The van der Waals surface area contributed by atoms with Crippen molar-refractivity contribution in [3.8, 4) is 17.2 Å². The topological polar surface area (TPSA) is 23.8 Å². The summed E-state index contributed by atoms with van der Waals surface area (Å²) in [5.41, 5.74) is 7.34. The molecule has 0 radical (unpaired) electrons. The van der Waals surface area contributed by atoms with Crippen molar-refractivity contribution < 1.29 is 0 Å². The zero-order chi connectivity index (χ0) is 18.9. The molecule has 136 valence electrons. The maximum Gasteiger partial charge on any atom is 0.0991 e. The minimum Gasteiger partial charge on any atom is -0.192 e. The smallest absolute Gasteiger partial charge is 0.0991 e. The van der Waals surface area contributed by atoms with Gasteiger partial charge in [0.1, 0.15) is 0 Å². The van der Waals surface area contributed by atoms with E-state index in [1.807, 2.05) is 12.1 Å². The van der Waals surface area contributed by atoms with Crippen molar-refractivity contribution in [2.75, 3.05) is 0 Å². The fourth-order valence-electron chi connectivity index (χ4n) is 3.34. The van der Waals surface area contributed by atoms with Gasteiger partial charge in [0, 0.05) is 0 Å². The Balaban J connectivity index is 1.57. The highest BCUT2D eigenvalue weighted by atomic mass is 14.2. The average molecular weight is 354 g/mol. The highest BCUT2D eigenvalue weighted by Crippen LogP contribution is 2.21. The van der Waals surface area contributed by atoms with Crippen molar-refractivity contribution in [1.82, 2.24) is 0 Å². The first-order valence-electron chi connectivity index (χ1n) is 9.96. The van der Waals surface area contributed by atoms with E-state index in [1.165, 1.54) is 53.5 Å². The Morgan fingerprint density at radius 3 is 1.48 bits per heavy atom. The van der Waals surface area contributed by atoms with Crippen molar-refractivity contribution >= 4 is 0 Å². The Kier molecular flexibility index (Phi) is 6.83. The van der Waals surface area contributed by atoms with Crippen molar-refractivity contribution in [2.24, 2.45) is 0 Å². The van der Waals surface area contributed by atoms with Crippen LogP contribution in [0.3, 0.4) is 0 Å². The van der Waals surface area contributed by atoms with Gasteiger partial charge in [0.2, 0.25) is 0 Å². The first-order chi connectivity index (χ1) is 13.3. The molecule has 0 aliphatic carbocycles. The molecule has 0 amide bonds. The third-order valence-corrected chi connectivity index (χ3v) is 5.10. The van der Waals surface area contributed by atoms with Crippen LogP contribution >= 0.6 is 0 Å². The van der Waals surface area contributed by atoms with Crippen molar-refractivity contribution in [3.63, 3.8) is 0 Å². The van der Waals surface area contributed by atoms with Gasteiger partial charge in [-0.15, -0.1) is 0 Å². The van der Waals surface area contributed by atoms with E-state index in [9.17, 15) is 0 Å². The van der Waals surface area contributed by atoms with Gasteiger partial charge in [0.15, 0.2) is 0 Å². The van der Waals surface area contributed by atoms with Gasteiger partial charge in [-0.2, -0.15) is 5.26 Å². The summed E-state index contributed by atoms with van der Waals surface area (Å²) in [6, 6.07) is 28.0. The molecule has 0 bridgehead atoms. The summed E-state index contributed by atoms with van der Waals surface area (Å²) in [4.78, 5) is 0. The Bertz CT molecular complexity index is 865. The van der Waals surface area contributed by atoms with Crippen LogP contribution in [-0.2, 0) is 19.3 Å². The summed E-state index contributed by atoms with van der Waals surface area (Å²) in [6.07, 6.45) is 7.06. The lowest BCUT2D eigenvalue weighted by Crippen LogP contribution is -1.92. The molecule has 3 aromatic rings. The number of benzene rings is 3. The predicted octanol–water partition coefficient (Wildman–Crippen LogP) is 6.74. The molecule has 0 unspecified atom stereocenters. The monoisotopic (exact) mass is 353 g/mol. The van der Waals surface area contributed by atoms with Gasteiger partial charge in [0.25, 0.3) is 0 Å². The van der Waals surface area contributed by atoms with Crippen LogP contribution in [0.1, 0.15) is 48.4 Å². The molecule has 0 aliphatic rings. The number of unbranched alkanes of at least 4 members (excludes halogenated alkanes) is 2. The minimum absolute atomic E-state index is 0.722. The zero-order valence-electron chi connectivity index (χ0n) is 16.1. The number of hydrogen-bond acceptors (Lipinski definition) is 1. The molecule has 3 rings (SSSR count). The van der Waals surface area contributed by atoms with Crippen LogP contribution in [0.5, 0.6) is 0 Å². The second-order valence-corrected chi connectivity index (χ2v) is 7.16. The molecule has 0 atom stereocenters. The van der Waals surface area contributed by atoms with Gasteiger partial charge in [0.05, 0.1) is 11.6 Å². The molecule has 0 heterocycles. The van der Waals surface area contributed by atoms with Crippen LogP contribution < -0.4 is 0 Å². The standard InChI is InChI=1S/C26H27N/c1-2-3-4-5-21-12-16-25(17-13-21)26-18-14-23(15-19-26)7-6-22-8-10-24(20-27)11-9-22/h8-19H,2-7H2,1H3. The first-order valence-corrected chi connectivity index (χ1v) is 9.96. The highest BCUT2D eigenvalue weighted by Gasteiger charge is 2.01. The molecule has 1 heteroatoms. The van der Waals surface area contributed by atoms with E-state index >= 15 is 0 Å². The Labute approximate surface area is 163 Å². The fourth-order valence-corrected chi connectivity index (χ4v) is 3.34. The quantitative estimate of drug-likeness (QED) is 0.411. The Hall–Kier alpha value is -2.85. The largest absolute Gasteiger partial charge is 0.192 e. The molecular formula is C26H27N. The summed E-state index contributed by atoms with van der Waals surface area (Å²) in [7, 11) is 0. The van der Waals surface area contributed by atoms with Gasteiger partial charge in [-0.25, -0.2) is 0 Å². The van der Waals surface area contributed by atoms with Crippen LogP contribution in [0.15, 0.2) is 72.8 Å². The van der Waals surface area contributed by atoms with Gasteiger partial charge in [-0.3, -0.25) is 0 Å². The number of aryl methyl sites for hydroxylation is 3. The summed E-state index contributed by atoms with van der Waals surface area (Å²) in [6.45, 7) is 2.25. The second kappa shape index (κ2) is 9.74. The van der Waals surface area contributed by atoms with E-state index in [2.05, 4.69) is 73.7 Å². The van der Waals surface area contributed by atoms with E-state index in [4.69, 9.17) is 5.26 Å². The van der Waals surface area contributed by atoms with Crippen molar-refractivity contribution in [1.29, 1.82) is 5.26 Å². The normalized spacial score (nSPS) is 10.5. The molecule has 0 spiro atoms. The van der Waals surface area contributed by atoms with Crippen LogP contribution in [-0.4, -0.2) is 0 Å². The molecule has 0 aromatic heterocycles. The van der Waals surface area contributed by atoms with Gasteiger partial charge >= 0.3 is 0 Å². The number of rotatable bonds is 8. The summed E-state index contributed by atoms with van der Waals surface area (Å²) in [5, 5.41) is 8.87. The molecule has 0 fully saturated rings. The van der Waals surface area contributed by atoms with E-state index in [1.54, 1.807) is 0 Å². The van der Waals surface area contributed by atoms with Gasteiger partial charge < -0.3 is 0 Å². The molecular weight excluding hydrogens is 326 g/mol. The average Bonchev–Trinajstić information content (AvgIpc) is 2.74. The molecule has 0 saturated carbocycles. The lowest BCUT2D eigenvalue weighted by Gasteiger charge is -2.07. The van der Waals surface area contributed by atoms with E-state index in [0.29, 0.717) is 0 Å². The molecule has 3 aromatic carbocycles. The van der Waals surface area contributed by atoms with E-state index in [-0.39, 0.29) is 0 Å². The Morgan fingerprint density at radius 1 is 0.593 bits per heavy atom. The number of nitriles is 1. The van der Waals surface area contributed by atoms with Crippen LogP contribution in [0.4, 0.5) is 0 Å². The van der Waals surface area contributed by atoms with E-state index in [0.717, 1.165) is 18.4 Å². The number of nitrogens with zero attached hydrogens (tertiary/aromatic N) is 1. The van der Waals surface area contributed by atoms with E-state index < -0.39 is 0 Å². The second-order valence-electron chi connectivity index (χ2n) is 7.16. The minimum atomic E-state index is 0.722. The van der Waals surface area contributed by atoms with Crippen molar-refractivity contribution in [2.45, 2.75) is 45.4 Å². The first kappa shape index (κ1) is 18.9. The maximum absolute atomic E-state index is 8.87. The fraction of sp³-hybridized carbons (Fsp3) is 0.269. The summed E-state index contributed by atoms with van der Waals surface area (Å²) >= 11 is 0. The third-order valence-electron chi connectivity index (χ3n) is 5.10. The van der Waals surface area contributed by atoms with Crippen LogP contribution in [0.2, 0.25) is 0 Å². The van der Waals surface area contributed by atoms with Gasteiger partial charge in [-0.05, 0) is 65.6 Å². The molecule has 0 N–H and O–H groups in total. The number of hydrogen-bond donors (Lipinski definition) is 0. The van der Waals surface area contributed by atoms with Crippen LogP contribution in [0, 0.1) is 11.3 Å². The highest BCUT2D eigenvalue weighted by molar-refractivity contribution is 5.64. The van der Waals surface area contributed by atoms with Gasteiger partial charge in [-0.1, -0.05) is 80.4 Å². The zero-order valence-corrected chi connectivity index (χ0v) is 16.1. The predicted molar refractivity (Wildman–Crippen MR) is 114 cm³/mol. The Morgan fingerprint density at radius 2 is 1.04 bits per heavy atom. The lowest BCUT2D eigenvalue weighted by molar-refractivity contribution is 0.717. The maximum atomic E-state index is 8.87. The molecule has 0 aliphatic heterocycles.